The molecule has 2 aromatic carbocycles. The number of rotatable bonds is 5. The minimum atomic E-state index is -5.08. The number of halogens is 9. The third-order valence-corrected chi connectivity index (χ3v) is 5.35. The summed E-state index contributed by atoms with van der Waals surface area (Å²) in [5, 5.41) is 15.6. The predicted molar refractivity (Wildman–Crippen MR) is 137 cm³/mol. The molecule has 0 fully saturated rings. The summed E-state index contributed by atoms with van der Waals surface area (Å²) in [5.74, 6) is -0.0902. The van der Waals surface area contributed by atoms with Crippen molar-refractivity contribution in [2.24, 2.45) is 5.10 Å². The molecule has 6 nitrogen and oxygen atoms in total. The molecular formula is C26H34F9N5O. The highest BCUT2D eigenvalue weighted by Gasteiger charge is 2.38. The van der Waals surface area contributed by atoms with Gasteiger partial charge in [-0.1, -0.05) is 33.8 Å². The molecule has 0 aliphatic carbocycles. The van der Waals surface area contributed by atoms with Crippen molar-refractivity contribution in [1.82, 2.24) is 21.0 Å². The fourth-order valence-corrected chi connectivity index (χ4v) is 3.70. The van der Waals surface area contributed by atoms with E-state index < -0.39 is 59.5 Å². The lowest BCUT2D eigenvalue weighted by molar-refractivity contribution is -0.143. The topological polar surface area (TPSA) is 63.1 Å². The third kappa shape index (κ3) is 9.99. The van der Waals surface area contributed by atoms with E-state index in [1.807, 2.05) is 27.7 Å². The van der Waals surface area contributed by atoms with E-state index in [0.29, 0.717) is 12.1 Å². The predicted octanol–water partition coefficient (Wildman–Crippen LogP) is 7.25. The van der Waals surface area contributed by atoms with Gasteiger partial charge in [0, 0.05) is 20.1 Å². The molecule has 3 rings (SSSR count). The average molecular weight is 604 g/mol. The summed E-state index contributed by atoms with van der Waals surface area (Å²) in [4.78, 5) is 1.15. The van der Waals surface area contributed by atoms with Crippen LogP contribution in [0.3, 0.4) is 0 Å². The maximum atomic E-state index is 13.4. The van der Waals surface area contributed by atoms with Crippen LogP contribution in [0.1, 0.15) is 74.9 Å². The summed E-state index contributed by atoms with van der Waals surface area (Å²) in [5.41, 5.74) is -1.05. The Morgan fingerprint density at radius 1 is 0.756 bits per heavy atom. The Bertz CT molecular complexity index is 1140. The number of hydrazine groups is 2. The molecule has 1 heterocycles. The number of guanidine groups is 1. The van der Waals surface area contributed by atoms with E-state index in [-0.39, 0.29) is 23.2 Å². The van der Waals surface area contributed by atoms with Gasteiger partial charge in [-0.05, 0) is 60.9 Å². The average Bonchev–Trinajstić information content (AvgIpc) is 3.30. The lowest BCUT2D eigenvalue weighted by Gasteiger charge is -2.29. The van der Waals surface area contributed by atoms with E-state index in [1.165, 1.54) is 26.0 Å². The Morgan fingerprint density at radius 2 is 1.24 bits per heavy atom. The number of benzene rings is 2. The number of alkyl halides is 9. The maximum absolute atomic E-state index is 13.4. The number of nitrogens with zero attached hydrogens (tertiary/aromatic N) is 3. The molecule has 232 valence electrons. The van der Waals surface area contributed by atoms with Crippen LogP contribution >= 0.6 is 0 Å². The fourth-order valence-electron chi connectivity index (χ4n) is 3.70. The standard InChI is InChI=1S/C22H22F9N5O.2C2H6/c1-19(2,37)17-5-4-14(20(23,24)25)8-13(17)11-36(18-32-34-35(3)33-18)10-12-6-15(21(26,27)28)9-16(7-12)22(29,30)31;2*1-2/h4-9,34,37H,10-11H2,1-3H3,(H,32,33);2*1-2H3. The quantitative estimate of drug-likeness (QED) is 0.315. The summed E-state index contributed by atoms with van der Waals surface area (Å²) in [6, 6.07) is 3.63. The van der Waals surface area contributed by atoms with Gasteiger partial charge in [0.1, 0.15) is 0 Å². The summed E-state index contributed by atoms with van der Waals surface area (Å²) in [6.45, 7) is 9.59. The first-order chi connectivity index (χ1) is 18.7. The monoisotopic (exact) mass is 603 g/mol. The lowest BCUT2D eigenvalue weighted by atomic mass is 9.91. The Kier molecular flexibility index (Phi) is 11.9. The summed E-state index contributed by atoms with van der Waals surface area (Å²) in [6.07, 6.45) is -14.9. The number of hydrogen-bond acceptors (Lipinski definition) is 6. The molecule has 0 saturated heterocycles. The van der Waals surface area contributed by atoms with Crippen LogP contribution in [0.15, 0.2) is 41.5 Å². The van der Waals surface area contributed by atoms with Crippen molar-refractivity contribution in [3.05, 3.63) is 69.8 Å². The molecule has 0 bridgehead atoms. The molecule has 3 N–H and O–H groups in total. The van der Waals surface area contributed by atoms with Gasteiger partial charge in [0.2, 0.25) is 5.96 Å². The van der Waals surface area contributed by atoms with E-state index in [4.69, 9.17) is 0 Å². The zero-order valence-electron chi connectivity index (χ0n) is 23.6. The van der Waals surface area contributed by atoms with E-state index in [0.717, 1.165) is 23.1 Å². The van der Waals surface area contributed by atoms with Crippen molar-refractivity contribution in [3.8, 4) is 0 Å². The van der Waals surface area contributed by atoms with Gasteiger partial charge >= 0.3 is 18.5 Å². The smallest absolute Gasteiger partial charge is 0.386 e. The van der Waals surface area contributed by atoms with Crippen LogP contribution in [0.2, 0.25) is 0 Å². The van der Waals surface area contributed by atoms with Gasteiger partial charge in [0.15, 0.2) is 0 Å². The third-order valence-electron chi connectivity index (χ3n) is 5.35. The van der Waals surface area contributed by atoms with Crippen LogP contribution in [-0.4, -0.2) is 28.1 Å². The Balaban J connectivity index is 0.00000201. The van der Waals surface area contributed by atoms with Crippen molar-refractivity contribution in [2.75, 3.05) is 7.05 Å². The molecular weight excluding hydrogens is 569 g/mol. The minimum absolute atomic E-state index is 0.0201. The first-order valence-corrected chi connectivity index (χ1v) is 12.5. The molecule has 15 heteroatoms. The molecule has 0 unspecified atom stereocenters. The second kappa shape index (κ2) is 13.6. The van der Waals surface area contributed by atoms with Gasteiger partial charge in [0.25, 0.3) is 0 Å². The highest BCUT2D eigenvalue weighted by Crippen LogP contribution is 2.37. The molecule has 1 aliphatic heterocycles. The molecule has 2 aromatic rings. The zero-order chi connectivity index (χ0) is 32.0. The second-order valence-corrected chi connectivity index (χ2v) is 8.91. The van der Waals surface area contributed by atoms with Crippen molar-refractivity contribution < 1.29 is 44.6 Å². The lowest BCUT2D eigenvalue weighted by Crippen LogP contribution is -2.44. The number of hydrogen-bond donors (Lipinski definition) is 3. The highest BCUT2D eigenvalue weighted by molar-refractivity contribution is 5.80. The van der Waals surface area contributed by atoms with E-state index in [1.54, 1.807) is 0 Å². The number of hydrazone groups is 1. The van der Waals surface area contributed by atoms with Crippen LogP contribution in [0.4, 0.5) is 39.5 Å². The van der Waals surface area contributed by atoms with Gasteiger partial charge < -0.3 is 10.0 Å². The first kappa shape index (κ1) is 35.8. The van der Waals surface area contributed by atoms with E-state index in [2.05, 4.69) is 16.1 Å². The molecule has 0 amide bonds. The Morgan fingerprint density at radius 3 is 1.63 bits per heavy atom. The number of nitrogens with one attached hydrogen (secondary N) is 2. The van der Waals surface area contributed by atoms with Gasteiger partial charge in [-0.15, -0.1) is 10.2 Å². The minimum Gasteiger partial charge on any atom is -0.386 e. The first-order valence-electron chi connectivity index (χ1n) is 12.5. The van der Waals surface area contributed by atoms with Gasteiger partial charge in [-0.2, -0.15) is 39.5 Å². The van der Waals surface area contributed by atoms with Gasteiger partial charge in [-0.25, -0.2) is 5.53 Å². The van der Waals surface area contributed by atoms with Crippen LogP contribution < -0.4 is 11.0 Å². The van der Waals surface area contributed by atoms with Crippen LogP contribution in [-0.2, 0) is 37.2 Å². The molecule has 0 radical (unpaired) electrons. The van der Waals surface area contributed by atoms with Gasteiger partial charge in [0.05, 0.1) is 22.3 Å². The largest absolute Gasteiger partial charge is 0.416 e. The van der Waals surface area contributed by atoms with Crippen LogP contribution in [0.5, 0.6) is 0 Å². The van der Waals surface area contributed by atoms with Gasteiger partial charge in [-0.3, -0.25) is 5.43 Å². The van der Waals surface area contributed by atoms with Crippen molar-refractivity contribution in [3.63, 3.8) is 0 Å². The van der Waals surface area contributed by atoms with Crippen molar-refractivity contribution in [1.29, 1.82) is 0 Å². The Hall–Kier alpha value is -3.20. The zero-order valence-corrected chi connectivity index (χ0v) is 23.6. The van der Waals surface area contributed by atoms with Crippen LogP contribution in [0, 0.1) is 0 Å². The van der Waals surface area contributed by atoms with Crippen molar-refractivity contribution >= 4 is 5.96 Å². The second-order valence-electron chi connectivity index (χ2n) is 8.91. The maximum Gasteiger partial charge on any atom is 0.416 e. The summed E-state index contributed by atoms with van der Waals surface area (Å²) in [7, 11) is 1.45. The SMILES string of the molecule is CC.CC.CN1NN=C(N(Cc2cc(C(F)(F)F)cc(C(F)(F)F)c2)Cc2cc(C(F)(F)F)ccc2C(C)(C)O)N1. The van der Waals surface area contributed by atoms with Crippen molar-refractivity contribution in [2.45, 2.75) is 78.8 Å². The van der Waals surface area contributed by atoms with E-state index >= 15 is 0 Å². The molecule has 41 heavy (non-hydrogen) atoms. The molecule has 0 spiro atoms. The molecule has 0 saturated carbocycles. The van der Waals surface area contributed by atoms with E-state index in [9.17, 15) is 44.6 Å². The number of aliphatic hydroxyl groups is 1. The normalized spacial score (nSPS) is 14.1. The highest BCUT2D eigenvalue weighted by atomic mass is 19.4. The van der Waals surface area contributed by atoms with Crippen LogP contribution in [0.25, 0.3) is 0 Å². The Labute approximate surface area is 232 Å². The summed E-state index contributed by atoms with van der Waals surface area (Å²) >= 11 is 0. The molecule has 1 aliphatic rings. The fraction of sp³-hybridized carbons (Fsp3) is 0.500. The molecule has 0 aromatic heterocycles. The summed E-state index contributed by atoms with van der Waals surface area (Å²) < 4.78 is 120. The molecule has 0 atom stereocenters.